The number of allylic oxidation sites excluding steroid dienone is 1. The number of aromatic carboxylic acids is 1. The fourth-order valence-electron chi connectivity index (χ4n) is 1.23. The third-order valence-corrected chi connectivity index (χ3v) is 2.66. The number of nitrogens with two attached hydrogens (primary N) is 1. The van der Waals surface area contributed by atoms with Gasteiger partial charge in [0, 0.05) is 10.4 Å². The highest BCUT2D eigenvalue weighted by Gasteiger charge is 2.11. The lowest BCUT2D eigenvalue weighted by Gasteiger charge is -2.05. The molecule has 0 radical (unpaired) electrons. The SMILES string of the molecule is Nc1c(C=CCCBr)cc(Cl)cc1C(=O)O. The molecule has 0 unspecified atom stereocenters. The number of carboxylic acids is 1. The monoisotopic (exact) mass is 303 g/mol. The lowest BCUT2D eigenvalue weighted by Crippen LogP contribution is -2.04. The van der Waals surface area contributed by atoms with Gasteiger partial charge in [-0.05, 0) is 24.1 Å². The summed E-state index contributed by atoms with van der Waals surface area (Å²) in [7, 11) is 0. The van der Waals surface area contributed by atoms with Crippen LogP contribution in [0.15, 0.2) is 18.2 Å². The Hall–Kier alpha value is -1.00. The van der Waals surface area contributed by atoms with Crippen LogP contribution in [0, 0.1) is 0 Å². The highest BCUT2D eigenvalue weighted by atomic mass is 79.9. The van der Waals surface area contributed by atoms with Crippen LogP contribution < -0.4 is 5.73 Å². The number of nitrogen functional groups attached to an aromatic ring is 1. The van der Waals surface area contributed by atoms with Gasteiger partial charge in [-0.3, -0.25) is 0 Å². The molecule has 5 heteroatoms. The minimum Gasteiger partial charge on any atom is -0.478 e. The molecular formula is C11H11BrClNO2. The van der Waals surface area contributed by atoms with Gasteiger partial charge in [-0.15, -0.1) is 0 Å². The molecule has 0 aliphatic heterocycles. The van der Waals surface area contributed by atoms with Gasteiger partial charge in [0.05, 0.1) is 11.3 Å². The highest BCUT2D eigenvalue weighted by Crippen LogP contribution is 2.24. The molecule has 0 spiro atoms. The quantitative estimate of drug-likeness (QED) is 0.662. The molecular weight excluding hydrogens is 293 g/mol. The molecule has 86 valence electrons. The zero-order valence-corrected chi connectivity index (χ0v) is 10.8. The molecule has 0 saturated heterocycles. The summed E-state index contributed by atoms with van der Waals surface area (Å²) in [6.45, 7) is 0. The summed E-state index contributed by atoms with van der Waals surface area (Å²) in [6, 6.07) is 3.00. The number of alkyl halides is 1. The van der Waals surface area contributed by atoms with E-state index in [9.17, 15) is 4.79 Å². The molecule has 0 bridgehead atoms. The van der Waals surface area contributed by atoms with Crippen molar-refractivity contribution in [2.75, 3.05) is 11.1 Å². The molecule has 3 N–H and O–H groups in total. The van der Waals surface area contributed by atoms with Gasteiger partial charge in [-0.2, -0.15) is 0 Å². The zero-order valence-electron chi connectivity index (χ0n) is 8.41. The summed E-state index contributed by atoms with van der Waals surface area (Å²) in [5.74, 6) is -1.07. The van der Waals surface area contributed by atoms with E-state index >= 15 is 0 Å². The molecule has 0 fully saturated rings. The van der Waals surface area contributed by atoms with Gasteiger partial charge < -0.3 is 10.8 Å². The van der Waals surface area contributed by atoms with Gasteiger partial charge in [0.1, 0.15) is 0 Å². The van der Waals surface area contributed by atoms with Gasteiger partial charge in [-0.25, -0.2) is 4.79 Å². The smallest absolute Gasteiger partial charge is 0.337 e. The predicted octanol–water partition coefficient (Wildman–Crippen LogP) is 3.42. The average Bonchev–Trinajstić information content (AvgIpc) is 2.22. The number of hydrogen-bond donors (Lipinski definition) is 2. The third kappa shape index (κ3) is 3.25. The van der Waals surface area contributed by atoms with Crippen LogP contribution in [-0.2, 0) is 0 Å². The fraction of sp³-hybridized carbons (Fsp3) is 0.182. The molecule has 0 aliphatic carbocycles. The van der Waals surface area contributed by atoms with Crippen molar-refractivity contribution in [1.82, 2.24) is 0 Å². The standard InChI is InChI=1S/C11H11BrClNO2/c12-4-2-1-3-7-5-8(13)6-9(10(7)14)11(15)16/h1,3,5-6H,2,4,14H2,(H,15,16). The van der Waals surface area contributed by atoms with E-state index in [2.05, 4.69) is 15.9 Å². The predicted molar refractivity (Wildman–Crippen MR) is 70.3 cm³/mol. The van der Waals surface area contributed by atoms with Crippen molar-refractivity contribution in [3.63, 3.8) is 0 Å². The average molecular weight is 305 g/mol. The number of carbonyl (C=O) groups is 1. The maximum absolute atomic E-state index is 10.9. The maximum atomic E-state index is 10.9. The Morgan fingerprint density at radius 1 is 1.56 bits per heavy atom. The third-order valence-electron chi connectivity index (χ3n) is 1.98. The first-order valence-electron chi connectivity index (χ1n) is 4.61. The van der Waals surface area contributed by atoms with Gasteiger partial charge in [0.25, 0.3) is 0 Å². The van der Waals surface area contributed by atoms with Gasteiger partial charge in [-0.1, -0.05) is 39.7 Å². The number of benzene rings is 1. The molecule has 1 aromatic rings. The van der Waals surface area contributed by atoms with Gasteiger partial charge in [0.2, 0.25) is 0 Å². The number of halogens is 2. The van der Waals surface area contributed by atoms with Crippen LogP contribution in [0.3, 0.4) is 0 Å². The van der Waals surface area contributed by atoms with Crippen LogP contribution >= 0.6 is 27.5 Å². The minimum absolute atomic E-state index is 0.0333. The molecule has 1 rings (SSSR count). The van der Waals surface area contributed by atoms with Crippen molar-refractivity contribution in [3.8, 4) is 0 Å². The highest BCUT2D eigenvalue weighted by molar-refractivity contribution is 9.09. The lowest BCUT2D eigenvalue weighted by atomic mass is 10.1. The van der Waals surface area contributed by atoms with Crippen molar-refractivity contribution in [2.45, 2.75) is 6.42 Å². The van der Waals surface area contributed by atoms with E-state index in [1.807, 2.05) is 6.08 Å². The summed E-state index contributed by atoms with van der Waals surface area (Å²) < 4.78 is 0. The van der Waals surface area contributed by atoms with E-state index in [4.69, 9.17) is 22.4 Å². The molecule has 0 saturated carbocycles. The fourth-order valence-corrected chi connectivity index (χ4v) is 1.72. The van der Waals surface area contributed by atoms with Crippen LogP contribution in [0.1, 0.15) is 22.3 Å². The Labute approximate surface area is 107 Å². The number of carboxylic acid groups (broad SMARTS) is 1. The Morgan fingerprint density at radius 2 is 2.25 bits per heavy atom. The summed E-state index contributed by atoms with van der Waals surface area (Å²) in [4.78, 5) is 10.9. The Kier molecular flexibility index (Phi) is 4.83. The summed E-state index contributed by atoms with van der Waals surface area (Å²) in [5.41, 5.74) is 6.64. The number of hydrogen-bond acceptors (Lipinski definition) is 2. The largest absolute Gasteiger partial charge is 0.478 e. The van der Waals surface area contributed by atoms with E-state index in [1.165, 1.54) is 6.07 Å². The number of anilines is 1. The molecule has 0 aliphatic rings. The maximum Gasteiger partial charge on any atom is 0.337 e. The lowest BCUT2D eigenvalue weighted by molar-refractivity contribution is 0.0698. The van der Waals surface area contributed by atoms with Gasteiger partial charge in [0.15, 0.2) is 0 Å². The van der Waals surface area contributed by atoms with E-state index in [-0.39, 0.29) is 11.3 Å². The van der Waals surface area contributed by atoms with Crippen molar-refractivity contribution in [1.29, 1.82) is 0 Å². The second-order valence-corrected chi connectivity index (χ2v) is 4.37. The first-order chi connectivity index (χ1) is 7.56. The van der Waals surface area contributed by atoms with Crippen LogP contribution in [0.25, 0.3) is 6.08 Å². The molecule has 16 heavy (non-hydrogen) atoms. The molecule has 3 nitrogen and oxygen atoms in total. The van der Waals surface area contributed by atoms with E-state index in [0.717, 1.165) is 11.8 Å². The van der Waals surface area contributed by atoms with Crippen molar-refractivity contribution < 1.29 is 9.90 Å². The topological polar surface area (TPSA) is 63.3 Å². The summed E-state index contributed by atoms with van der Waals surface area (Å²) >= 11 is 9.11. The molecule has 1 aromatic carbocycles. The second-order valence-electron chi connectivity index (χ2n) is 3.14. The Balaban J connectivity index is 3.14. The molecule has 0 amide bonds. The van der Waals surface area contributed by atoms with E-state index < -0.39 is 5.97 Å². The number of rotatable bonds is 4. The molecule has 0 atom stereocenters. The summed E-state index contributed by atoms with van der Waals surface area (Å²) in [6.07, 6.45) is 4.52. The zero-order chi connectivity index (χ0) is 12.1. The van der Waals surface area contributed by atoms with Gasteiger partial charge >= 0.3 is 5.97 Å². The first-order valence-corrected chi connectivity index (χ1v) is 6.11. The second kappa shape index (κ2) is 5.92. The van der Waals surface area contributed by atoms with Crippen LogP contribution in [0.4, 0.5) is 5.69 Å². The van der Waals surface area contributed by atoms with Crippen LogP contribution in [0.2, 0.25) is 5.02 Å². The molecule has 0 heterocycles. The normalized spacial score (nSPS) is 10.9. The van der Waals surface area contributed by atoms with Crippen molar-refractivity contribution >= 4 is 45.3 Å². The van der Waals surface area contributed by atoms with E-state index in [1.54, 1.807) is 12.1 Å². The summed E-state index contributed by atoms with van der Waals surface area (Å²) in [5, 5.41) is 10.1. The van der Waals surface area contributed by atoms with Crippen LogP contribution in [0.5, 0.6) is 0 Å². The van der Waals surface area contributed by atoms with Crippen molar-refractivity contribution in [3.05, 3.63) is 34.4 Å². The van der Waals surface area contributed by atoms with Crippen LogP contribution in [-0.4, -0.2) is 16.4 Å². The molecule has 0 aromatic heterocycles. The van der Waals surface area contributed by atoms with Crippen molar-refractivity contribution in [2.24, 2.45) is 0 Å². The Bertz CT molecular complexity index is 432. The van der Waals surface area contributed by atoms with E-state index in [0.29, 0.717) is 10.6 Å². The minimum atomic E-state index is -1.07. The first kappa shape index (κ1) is 13.1. The Morgan fingerprint density at radius 3 is 2.81 bits per heavy atom.